The molecule has 1 rings (SSSR count). The molecule has 7 heteroatoms. The van der Waals surface area contributed by atoms with Gasteiger partial charge in [0.05, 0.1) is 6.61 Å². The summed E-state index contributed by atoms with van der Waals surface area (Å²) in [5.41, 5.74) is 1.27. The van der Waals surface area contributed by atoms with Crippen molar-refractivity contribution in [3.05, 3.63) is 29.8 Å². The molecular formula is C17H31O6P. The molecule has 0 aliphatic carbocycles. The number of rotatable bonds is 11. The van der Waals surface area contributed by atoms with Crippen molar-refractivity contribution in [1.82, 2.24) is 0 Å². The maximum Gasteiger partial charge on any atom is 0.466 e. The zero-order valence-corrected chi connectivity index (χ0v) is 15.3. The Morgan fingerprint density at radius 1 is 0.958 bits per heavy atom. The van der Waals surface area contributed by atoms with E-state index in [4.69, 9.17) is 29.1 Å². The molecule has 0 aromatic heterocycles. The fraction of sp³-hybridized carbons (Fsp3) is 0.647. The van der Waals surface area contributed by atoms with Crippen molar-refractivity contribution in [1.29, 1.82) is 0 Å². The molecule has 6 nitrogen and oxygen atoms in total. The molecule has 0 unspecified atom stereocenters. The Morgan fingerprint density at radius 2 is 1.50 bits per heavy atom. The van der Waals surface area contributed by atoms with Gasteiger partial charge in [-0.25, -0.2) is 4.57 Å². The fourth-order valence-corrected chi connectivity index (χ4v) is 2.28. The van der Waals surface area contributed by atoms with Gasteiger partial charge >= 0.3 is 7.82 Å². The first-order valence-corrected chi connectivity index (χ1v) is 10.0. The number of ether oxygens (including phenoxy) is 1. The normalized spacial score (nSPS) is 10.9. The van der Waals surface area contributed by atoms with Crippen LogP contribution in [0.4, 0.5) is 0 Å². The lowest BCUT2D eigenvalue weighted by Crippen LogP contribution is -2.03. The average Bonchev–Trinajstić information content (AvgIpc) is 2.51. The molecule has 0 aliphatic heterocycles. The third-order valence-electron chi connectivity index (χ3n) is 3.37. The number of aliphatic hydroxyl groups excluding tert-OH is 1. The van der Waals surface area contributed by atoms with E-state index in [-0.39, 0.29) is 6.61 Å². The molecule has 0 radical (unpaired) electrons. The van der Waals surface area contributed by atoms with Gasteiger partial charge in [-0.15, -0.1) is 0 Å². The first kappa shape index (κ1) is 23.1. The van der Waals surface area contributed by atoms with Gasteiger partial charge in [-0.2, -0.15) is 0 Å². The first-order chi connectivity index (χ1) is 11.4. The number of para-hydroxylation sites is 1. The predicted molar refractivity (Wildman–Crippen MR) is 95.0 cm³/mol. The second-order valence-corrected chi connectivity index (χ2v) is 6.59. The minimum Gasteiger partial charge on any atom is -0.491 e. The van der Waals surface area contributed by atoms with E-state index < -0.39 is 7.82 Å². The molecule has 0 atom stereocenters. The lowest BCUT2D eigenvalue weighted by molar-refractivity contribution is 0.200. The largest absolute Gasteiger partial charge is 0.491 e. The van der Waals surface area contributed by atoms with Crippen molar-refractivity contribution in [2.24, 2.45) is 0 Å². The maximum absolute atomic E-state index is 8.88. The van der Waals surface area contributed by atoms with Crippen LogP contribution in [0.15, 0.2) is 24.3 Å². The highest BCUT2D eigenvalue weighted by Crippen LogP contribution is 2.25. The highest BCUT2D eigenvalue weighted by molar-refractivity contribution is 7.45. The summed E-state index contributed by atoms with van der Waals surface area (Å²) in [6.45, 7) is 2.71. The standard InChI is InChI=1S/C17H28O2.H3O4P/c1-2-3-4-5-6-7-8-11-16-12-9-10-13-17(16)19-15-14-18;1-5(2,3)4/h9-10,12-13,18H,2-8,11,14-15H2,1H3;(H3,1,2,3,4). The van der Waals surface area contributed by atoms with Crippen LogP contribution in [0.2, 0.25) is 0 Å². The Hall–Kier alpha value is -0.910. The summed E-state index contributed by atoms with van der Waals surface area (Å²) < 4.78 is 14.4. The van der Waals surface area contributed by atoms with Crippen molar-refractivity contribution in [2.75, 3.05) is 13.2 Å². The molecule has 0 amide bonds. The molecule has 0 bridgehead atoms. The molecule has 0 heterocycles. The van der Waals surface area contributed by atoms with Gasteiger partial charge in [-0.1, -0.05) is 63.6 Å². The van der Waals surface area contributed by atoms with E-state index in [1.54, 1.807) is 0 Å². The van der Waals surface area contributed by atoms with Gasteiger partial charge < -0.3 is 24.5 Å². The van der Waals surface area contributed by atoms with Crippen LogP contribution in [0.1, 0.15) is 57.4 Å². The van der Waals surface area contributed by atoms with Gasteiger partial charge in [-0.05, 0) is 24.5 Å². The topological polar surface area (TPSA) is 107 Å². The Kier molecular flexibility index (Phi) is 13.9. The smallest absolute Gasteiger partial charge is 0.466 e. The van der Waals surface area contributed by atoms with Gasteiger partial charge in [0, 0.05) is 0 Å². The summed E-state index contributed by atoms with van der Waals surface area (Å²) in [6, 6.07) is 8.17. The van der Waals surface area contributed by atoms with Crippen molar-refractivity contribution < 1.29 is 29.1 Å². The van der Waals surface area contributed by atoms with E-state index in [1.165, 1.54) is 50.5 Å². The van der Waals surface area contributed by atoms with Crippen LogP contribution in [-0.2, 0) is 11.0 Å². The quantitative estimate of drug-likeness (QED) is 0.355. The van der Waals surface area contributed by atoms with Crippen LogP contribution < -0.4 is 4.74 Å². The molecule has 4 N–H and O–H groups in total. The minimum absolute atomic E-state index is 0.0752. The van der Waals surface area contributed by atoms with E-state index >= 15 is 0 Å². The molecule has 0 saturated heterocycles. The van der Waals surface area contributed by atoms with Gasteiger partial charge in [0.1, 0.15) is 12.4 Å². The van der Waals surface area contributed by atoms with Gasteiger partial charge in [0.2, 0.25) is 0 Å². The van der Waals surface area contributed by atoms with Crippen LogP contribution in [-0.4, -0.2) is 33.0 Å². The number of phosphoric acid groups is 1. The van der Waals surface area contributed by atoms with Gasteiger partial charge in [0.25, 0.3) is 0 Å². The summed E-state index contributed by atoms with van der Waals surface area (Å²) in [5.74, 6) is 0.933. The molecule has 0 saturated carbocycles. The maximum atomic E-state index is 8.88. The average molecular weight is 362 g/mol. The van der Waals surface area contributed by atoms with Crippen molar-refractivity contribution in [3.63, 3.8) is 0 Å². The molecule has 0 fully saturated rings. The SMILES string of the molecule is CCCCCCCCCc1ccccc1OCCO.O=P(O)(O)O. The van der Waals surface area contributed by atoms with Crippen molar-refractivity contribution in [2.45, 2.75) is 58.3 Å². The number of benzene rings is 1. The summed E-state index contributed by atoms with van der Waals surface area (Å²) in [6.07, 6.45) is 10.4. The second kappa shape index (κ2) is 14.4. The molecular weight excluding hydrogens is 331 g/mol. The highest BCUT2D eigenvalue weighted by atomic mass is 31.2. The Labute approximate surface area is 144 Å². The fourth-order valence-electron chi connectivity index (χ4n) is 2.28. The molecule has 1 aromatic rings. The Morgan fingerprint density at radius 3 is 2.08 bits per heavy atom. The number of hydrogen-bond donors (Lipinski definition) is 4. The summed E-state index contributed by atoms with van der Waals surface area (Å²) >= 11 is 0. The summed E-state index contributed by atoms with van der Waals surface area (Å²) in [7, 11) is -4.64. The van der Waals surface area contributed by atoms with Crippen LogP contribution >= 0.6 is 7.82 Å². The van der Waals surface area contributed by atoms with Crippen LogP contribution in [0.25, 0.3) is 0 Å². The number of hydrogen-bond acceptors (Lipinski definition) is 3. The number of aliphatic hydroxyl groups is 1. The van der Waals surface area contributed by atoms with Crippen LogP contribution in [0, 0.1) is 0 Å². The molecule has 0 aliphatic rings. The van der Waals surface area contributed by atoms with E-state index in [0.29, 0.717) is 6.61 Å². The molecule has 0 spiro atoms. The minimum atomic E-state index is -4.64. The van der Waals surface area contributed by atoms with Gasteiger partial charge in [-0.3, -0.25) is 0 Å². The molecule has 24 heavy (non-hydrogen) atoms. The Balaban J connectivity index is 0.000000922. The molecule has 140 valence electrons. The Bertz CT molecular complexity index is 452. The van der Waals surface area contributed by atoms with E-state index in [2.05, 4.69) is 19.1 Å². The third-order valence-corrected chi connectivity index (χ3v) is 3.37. The third kappa shape index (κ3) is 16.0. The van der Waals surface area contributed by atoms with E-state index in [1.807, 2.05) is 12.1 Å². The van der Waals surface area contributed by atoms with E-state index in [9.17, 15) is 0 Å². The number of aryl methyl sites for hydroxylation is 1. The monoisotopic (exact) mass is 362 g/mol. The number of unbranched alkanes of at least 4 members (excludes halogenated alkanes) is 6. The first-order valence-electron chi connectivity index (χ1n) is 8.48. The summed E-state index contributed by atoms with van der Waals surface area (Å²) in [4.78, 5) is 21.6. The van der Waals surface area contributed by atoms with E-state index in [0.717, 1.165) is 12.2 Å². The van der Waals surface area contributed by atoms with Crippen LogP contribution in [0.3, 0.4) is 0 Å². The second-order valence-electron chi connectivity index (χ2n) is 5.56. The summed E-state index contributed by atoms with van der Waals surface area (Å²) in [5, 5.41) is 8.81. The van der Waals surface area contributed by atoms with Crippen LogP contribution in [0.5, 0.6) is 5.75 Å². The van der Waals surface area contributed by atoms with Gasteiger partial charge in [0.15, 0.2) is 0 Å². The zero-order chi connectivity index (χ0) is 18.3. The lowest BCUT2D eigenvalue weighted by atomic mass is 10.0. The highest BCUT2D eigenvalue weighted by Gasteiger charge is 2.02. The zero-order valence-electron chi connectivity index (χ0n) is 14.4. The predicted octanol–water partition coefficient (Wildman–Crippen LogP) is 3.42. The molecule has 1 aromatic carbocycles. The lowest BCUT2D eigenvalue weighted by Gasteiger charge is -2.10. The van der Waals surface area contributed by atoms with Crippen molar-refractivity contribution >= 4 is 7.82 Å². The van der Waals surface area contributed by atoms with Crippen molar-refractivity contribution in [3.8, 4) is 5.75 Å².